The van der Waals surface area contributed by atoms with Gasteiger partial charge in [-0.25, -0.2) is 9.59 Å². The molecule has 2 amide bonds. The third-order valence-electron chi connectivity index (χ3n) is 1.79. The van der Waals surface area contributed by atoms with Crippen molar-refractivity contribution < 1.29 is 23.9 Å². The summed E-state index contributed by atoms with van der Waals surface area (Å²) in [5.41, 5.74) is -1.37. The number of hydrogen-bond donors (Lipinski definition) is 2. The van der Waals surface area contributed by atoms with Gasteiger partial charge in [0.25, 0.3) is 0 Å². The molecule has 7 nitrogen and oxygen atoms in total. The molecular weight excluding hydrogens is 264 g/mol. The van der Waals surface area contributed by atoms with Crippen LogP contribution in [-0.4, -0.2) is 42.3 Å². The lowest BCUT2D eigenvalue weighted by atomic mass is 10.2. The van der Waals surface area contributed by atoms with Crippen LogP contribution in [0.25, 0.3) is 0 Å². The van der Waals surface area contributed by atoms with Gasteiger partial charge in [-0.15, -0.1) is 0 Å². The summed E-state index contributed by atoms with van der Waals surface area (Å²) in [6, 6.07) is -1.01. The Morgan fingerprint density at radius 2 is 1.55 bits per heavy atom. The second-order valence-electron chi connectivity index (χ2n) is 6.26. The molecule has 20 heavy (non-hydrogen) atoms. The minimum Gasteiger partial charge on any atom is -0.458 e. The van der Waals surface area contributed by atoms with Gasteiger partial charge in [0, 0.05) is 6.54 Å². The number of carbonyl (C=O) groups excluding carboxylic acids is 3. The second-order valence-corrected chi connectivity index (χ2v) is 6.26. The summed E-state index contributed by atoms with van der Waals surface area (Å²) in [4.78, 5) is 33.9. The predicted octanol–water partition coefficient (Wildman–Crippen LogP) is 0.967. The van der Waals surface area contributed by atoms with Gasteiger partial charge in [-0.2, -0.15) is 0 Å². The fourth-order valence-electron chi connectivity index (χ4n) is 1.18. The Morgan fingerprint density at radius 1 is 1.05 bits per heavy atom. The van der Waals surface area contributed by atoms with E-state index in [2.05, 4.69) is 10.6 Å². The van der Waals surface area contributed by atoms with Crippen molar-refractivity contribution >= 4 is 18.5 Å². The van der Waals surface area contributed by atoms with Crippen LogP contribution in [0.1, 0.15) is 41.5 Å². The molecule has 0 aromatic heterocycles. The largest absolute Gasteiger partial charge is 0.458 e. The van der Waals surface area contributed by atoms with Gasteiger partial charge in [-0.1, -0.05) is 0 Å². The fourth-order valence-corrected chi connectivity index (χ4v) is 1.18. The Kier molecular flexibility index (Phi) is 6.48. The molecule has 1 unspecified atom stereocenters. The molecule has 0 aromatic rings. The van der Waals surface area contributed by atoms with E-state index >= 15 is 0 Å². The second kappa shape index (κ2) is 7.12. The van der Waals surface area contributed by atoms with Crippen LogP contribution in [0.3, 0.4) is 0 Å². The number of alkyl carbamates (subject to hydrolysis) is 1. The van der Waals surface area contributed by atoms with E-state index in [1.54, 1.807) is 41.5 Å². The average Bonchev–Trinajstić information content (AvgIpc) is 2.18. The highest BCUT2D eigenvalue weighted by Crippen LogP contribution is 2.10. The molecule has 0 rings (SSSR count). The predicted molar refractivity (Wildman–Crippen MR) is 73.1 cm³/mol. The minimum atomic E-state index is -1.01. The van der Waals surface area contributed by atoms with Crippen molar-refractivity contribution in [2.24, 2.45) is 0 Å². The van der Waals surface area contributed by atoms with Crippen LogP contribution in [0.15, 0.2) is 0 Å². The Morgan fingerprint density at radius 3 is 1.95 bits per heavy atom. The minimum absolute atomic E-state index is 0.0718. The molecule has 0 aliphatic heterocycles. The van der Waals surface area contributed by atoms with Crippen molar-refractivity contribution in [1.82, 2.24) is 10.6 Å². The average molecular weight is 288 g/mol. The molecule has 0 aliphatic rings. The number of esters is 1. The van der Waals surface area contributed by atoms with Crippen molar-refractivity contribution in [3.63, 3.8) is 0 Å². The number of carbonyl (C=O) groups is 3. The summed E-state index contributed by atoms with van der Waals surface area (Å²) < 4.78 is 10.2. The molecular formula is C13H24N2O5. The highest BCUT2D eigenvalue weighted by molar-refractivity contribution is 5.82. The van der Waals surface area contributed by atoms with E-state index in [0.29, 0.717) is 6.41 Å². The van der Waals surface area contributed by atoms with Crippen LogP contribution in [0, 0.1) is 0 Å². The van der Waals surface area contributed by atoms with Crippen LogP contribution in [0.2, 0.25) is 0 Å². The van der Waals surface area contributed by atoms with Crippen LogP contribution < -0.4 is 10.6 Å². The van der Waals surface area contributed by atoms with Crippen molar-refractivity contribution in [1.29, 1.82) is 0 Å². The molecule has 0 bridgehead atoms. The van der Waals surface area contributed by atoms with Crippen LogP contribution in [-0.2, 0) is 19.1 Å². The third kappa shape index (κ3) is 9.18. The first-order valence-electron chi connectivity index (χ1n) is 6.34. The van der Waals surface area contributed by atoms with Gasteiger partial charge in [0.1, 0.15) is 17.2 Å². The van der Waals surface area contributed by atoms with E-state index in [-0.39, 0.29) is 6.54 Å². The summed E-state index contributed by atoms with van der Waals surface area (Å²) in [5, 5.41) is 4.71. The molecule has 0 aliphatic carbocycles. The van der Waals surface area contributed by atoms with Crippen molar-refractivity contribution in [3.8, 4) is 0 Å². The normalized spacial score (nSPS) is 13.1. The molecule has 0 spiro atoms. The van der Waals surface area contributed by atoms with E-state index < -0.39 is 29.3 Å². The summed E-state index contributed by atoms with van der Waals surface area (Å²) in [6.07, 6.45) is -0.310. The lowest BCUT2D eigenvalue weighted by molar-refractivity contribution is -0.157. The molecule has 2 N–H and O–H groups in total. The van der Waals surface area contributed by atoms with Crippen molar-refractivity contribution in [3.05, 3.63) is 0 Å². The van der Waals surface area contributed by atoms with Crippen molar-refractivity contribution in [2.45, 2.75) is 58.8 Å². The van der Waals surface area contributed by atoms with Crippen LogP contribution >= 0.6 is 0 Å². The summed E-state index contributed by atoms with van der Waals surface area (Å²) >= 11 is 0. The first-order chi connectivity index (χ1) is 8.94. The smallest absolute Gasteiger partial charge is 0.408 e. The van der Waals surface area contributed by atoms with Gasteiger partial charge < -0.3 is 20.1 Å². The molecule has 7 heteroatoms. The van der Waals surface area contributed by atoms with Crippen LogP contribution in [0.4, 0.5) is 4.79 Å². The maximum absolute atomic E-state index is 11.9. The molecule has 116 valence electrons. The quantitative estimate of drug-likeness (QED) is 0.580. The first-order valence-corrected chi connectivity index (χ1v) is 6.34. The maximum atomic E-state index is 11.9. The zero-order valence-electron chi connectivity index (χ0n) is 12.9. The van der Waals surface area contributed by atoms with E-state index in [9.17, 15) is 14.4 Å². The maximum Gasteiger partial charge on any atom is 0.408 e. The summed E-state index contributed by atoms with van der Waals surface area (Å²) in [7, 11) is 0. The van der Waals surface area contributed by atoms with E-state index in [1.807, 2.05) is 0 Å². The molecule has 0 saturated carbocycles. The lowest BCUT2D eigenvalue weighted by Gasteiger charge is -2.26. The fraction of sp³-hybridized carbons (Fsp3) is 0.769. The Hall–Kier alpha value is -1.79. The van der Waals surface area contributed by atoms with Gasteiger partial charge in [0.2, 0.25) is 6.41 Å². The highest BCUT2D eigenvalue weighted by atomic mass is 16.6. The first kappa shape index (κ1) is 18.2. The number of nitrogens with one attached hydrogen (secondary N) is 2. The van der Waals surface area contributed by atoms with Crippen molar-refractivity contribution in [2.75, 3.05) is 6.54 Å². The summed E-state index contributed by atoms with van der Waals surface area (Å²) in [6.45, 7) is 10.2. The van der Waals surface area contributed by atoms with Gasteiger partial charge >= 0.3 is 12.1 Å². The van der Waals surface area contributed by atoms with Gasteiger partial charge in [0.15, 0.2) is 0 Å². The van der Waals surface area contributed by atoms with Gasteiger partial charge in [0.05, 0.1) is 0 Å². The topological polar surface area (TPSA) is 93.7 Å². The number of ether oxygens (including phenoxy) is 2. The zero-order chi connectivity index (χ0) is 16.0. The molecule has 0 saturated heterocycles. The van der Waals surface area contributed by atoms with E-state index in [0.717, 1.165) is 0 Å². The monoisotopic (exact) mass is 288 g/mol. The summed E-state index contributed by atoms with van der Waals surface area (Å²) in [5.74, 6) is -0.641. The van der Waals surface area contributed by atoms with Gasteiger partial charge in [-0.3, -0.25) is 4.79 Å². The number of hydrogen-bond acceptors (Lipinski definition) is 5. The number of rotatable bonds is 5. The van der Waals surface area contributed by atoms with E-state index in [1.165, 1.54) is 0 Å². The number of amides is 2. The zero-order valence-corrected chi connectivity index (χ0v) is 12.9. The molecule has 1 atom stereocenters. The van der Waals surface area contributed by atoms with Gasteiger partial charge in [-0.05, 0) is 41.5 Å². The Balaban J connectivity index is 4.67. The molecule has 0 aromatic carbocycles. The van der Waals surface area contributed by atoms with E-state index in [4.69, 9.17) is 9.47 Å². The van der Waals surface area contributed by atoms with Crippen LogP contribution in [0.5, 0.6) is 0 Å². The SMILES string of the molecule is CC(C)(C)OC(=O)NC(CNC=O)C(=O)OC(C)(C)C. The Labute approximate surface area is 119 Å². The molecule has 0 radical (unpaired) electrons. The lowest BCUT2D eigenvalue weighted by Crippen LogP contribution is -2.50. The highest BCUT2D eigenvalue weighted by Gasteiger charge is 2.28. The third-order valence-corrected chi connectivity index (χ3v) is 1.79. The Bertz CT molecular complexity index is 355. The molecule has 0 heterocycles. The molecule has 0 fully saturated rings. The standard InChI is InChI=1S/C13H24N2O5/c1-12(2,3)19-10(17)9(7-14-8-16)15-11(18)20-13(4,5)6/h8-9H,7H2,1-6H3,(H,14,16)(H,15,18).